The second-order valence-corrected chi connectivity index (χ2v) is 3.86. The number of ether oxygens (including phenoxy) is 2. The number of esters is 2. The first-order valence-corrected chi connectivity index (χ1v) is 5.72. The van der Waals surface area contributed by atoms with Crippen molar-refractivity contribution in [3.8, 4) is 0 Å². The normalized spacial score (nSPS) is 10.1. The summed E-state index contributed by atoms with van der Waals surface area (Å²) in [6.45, 7) is 0.0651. The highest BCUT2D eigenvalue weighted by atomic mass is 16.5. The second kappa shape index (κ2) is 6.41. The molecule has 1 heterocycles. The zero-order chi connectivity index (χ0) is 14.4. The monoisotopic (exact) mass is 276 g/mol. The van der Waals surface area contributed by atoms with Crippen LogP contribution in [0.5, 0.6) is 0 Å². The topological polar surface area (TPSA) is 96.2 Å². The van der Waals surface area contributed by atoms with E-state index < -0.39 is 11.9 Å². The van der Waals surface area contributed by atoms with Gasteiger partial charge in [-0.1, -0.05) is 12.1 Å². The lowest BCUT2D eigenvalue weighted by Gasteiger charge is -2.05. The number of carbonyl (C=O) groups excluding carboxylic acids is 2. The minimum absolute atomic E-state index is 0.0484. The fourth-order valence-corrected chi connectivity index (χ4v) is 1.45. The van der Waals surface area contributed by atoms with Crippen molar-refractivity contribution >= 4 is 11.9 Å². The van der Waals surface area contributed by atoms with E-state index in [4.69, 9.17) is 4.74 Å². The van der Waals surface area contributed by atoms with E-state index in [9.17, 15) is 9.59 Å². The van der Waals surface area contributed by atoms with Gasteiger partial charge in [0, 0.05) is 0 Å². The van der Waals surface area contributed by atoms with E-state index in [0.717, 1.165) is 5.56 Å². The molecule has 8 heteroatoms. The molecule has 0 saturated heterocycles. The minimum Gasteiger partial charge on any atom is -0.465 e. The molecule has 1 aromatic heterocycles. The van der Waals surface area contributed by atoms with Crippen LogP contribution in [-0.2, 0) is 27.4 Å². The van der Waals surface area contributed by atoms with Crippen LogP contribution in [0, 0.1) is 0 Å². The molecule has 0 atom stereocenters. The van der Waals surface area contributed by atoms with E-state index in [1.165, 1.54) is 18.1 Å². The second-order valence-electron chi connectivity index (χ2n) is 3.86. The van der Waals surface area contributed by atoms with Gasteiger partial charge in [-0.2, -0.15) is 0 Å². The van der Waals surface area contributed by atoms with Gasteiger partial charge in [0.1, 0.15) is 19.5 Å². The predicted molar refractivity (Wildman–Crippen MR) is 65.4 cm³/mol. The molecule has 104 valence electrons. The van der Waals surface area contributed by atoms with Crippen molar-refractivity contribution in [3.63, 3.8) is 0 Å². The summed E-state index contributed by atoms with van der Waals surface area (Å²) in [6, 6.07) is 6.60. The van der Waals surface area contributed by atoms with Gasteiger partial charge in [0.25, 0.3) is 0 Å². The Kier molecular flexibility index (Phi) is 4.38. The lowest BCUT2D eigenvalue weighted by molar-refractivity contribution is -0.145. The number of benzene rings is 1. The third kappa shape index (κ3) is 3.61. The Morgan fingerprint density at radius 1 is 1.25 bits per heavy atom. The Bertz CT molecular complexity index is 580. The third-order valence-electron chi connectivity index (χ3n) is 2.46. The molecule has 0 aliphatic rings. The van der Waals surface area contributed by atoms with Crippen LogP contribution in [0.25, 0.3) is 0 Å². The molecule has 0 spiro atoms. The van der Waals surface area contributed by atoms with Gasteiger partial charge >= 0.3 is 11.9 Å². The van der Waals surface area contributed by atoms with Crippen LogP contribution < -0.4 is 0 Å². The average Bonchev–Trinajstić information content (AvgIpc) is 2.97. The maximum Gasteiger partial charge on any atom is 0.337 e. The van der Waals surface area contributed by atoms with Crippen LogP contribution in [0.3, 0.4) is 0 Å². The predicted octanol–water partition coefficient (Wildman–Crippen LogP) is 0.203. The molecular weight excluding hydrogens is 264 g/mol. The molecule has 0 aliphatic carbocycles. The van der Waals surface area contributed by atoms with Crippen molar-refractivity contribution in [1.29, 1.82) is 0 Å². The molecule has 20 heavy (non-hydrogen) atoms. The van der Waals surface area contributed by atoms with Crippen LogP contribution in [0.15, 0.2) is 30.6 Å². The molecule has 0 unspecified atom stereocenters. The summed E-state index contributed by atoms with van der Waals surface area (Å²) in [6.07, 6.45) is 1.33. The lowest BCUT2D eigenvalue weighted by Crippen LogP contribution is -2.14. The van der Waals surface area contributed by atoms with Crippen molar-refractivity contribution in [2.24, 2.45) is 0 Å². The maximum absolute atomic E-state index is 11.5. The van der Waals surface area contributed by atoms with E-state index in [0.29, 0.717) is 5.56 Å². The molecule has 0 fully saturated rings. The number of tetrazole rings is 1. The van der Waals surface area contributed by atoms with Gasteiger partial charge in [-0.05, 0) is 28.1 Å². The van der Waals surface area contributed by atoms with Gasteiger partial charge in [-0.25, -0.2) is 9.48 Å². The van der Waals surface area contributed by atoms with Gasteiger partial charge in [0.2, 0.25) is 0 Å². The fourth-order valence-electron chi connectivity index (χ4n) is 1.45. The summed E-state index contributed by atoms with van der Waals surface area (Å²) >= 11 is 0. The van der Waals surface area contributed by atoms with Gasteiger partial charge in [0.05, 0.1) is 12.7 Å². The first-order valence-electron chi connectivity index (χ1n) is 5.72. The molecule has 0 saturated carbocycles. The Labute approximate surface area is 114 Å². The zero-order valence-corrected chi connectivity index (χ0v) is 10.7. The van der Waals surface area contributed by atoms with Crippen molar-refractivity contribution in [2.45, 2.75) is 13.2 Å². The number of methoxy groups -OCH3 is 1. The standard InChI is InChI=1S/C12H12N4O4/c1-19-12(18)10-4-2-9(3-5-10)7-20-11(17)6-16-8-13-14-15-16/h2-5,8H,6-7H2,1H3. The van der Waals surface area contributed by atoms with Crippen LogP contribution in [-0.4, -0.2) is 39.3 Å². The number of nitrogens with zero attached hydrogens (tertiary/aromatic N) is 4. The van der Waals surface area contributed by atoms with Gasteiger partial charge in [-0.15, -0.1) is 5.10 Å². The Morgan fingerprint density at radius 3 is 2.60 bits per heavy atom. The van der Waals surface area contributed by atoms with Crippen LogP contribution in [0.4, 0.5) is 0 Å². The Hall–Kier alpha value is -2.77. The molecule has 0 amide bonds. The Morgan fingerprint density at radius 2 is 2.00 bits per heavy atom. The molecule has 0 radical (unpaired) electrons. The van der Waals surface area contributed by atoms with Gasteiger partial charge < -0.3 is 9.47 Å². The van der Waals surface area contributed by atoms with Crippen molar-refractivity contribution < 1.29 is 19.1 Å². The van der Waals surface area contributed by atoms with E-state index >= 15 is 0 Å². The number of aromatic nitrogens is 4. The third-order valence-corrected chi connectivity index (χ3v) is 2.46. The summed E-state index contributed by atoms with van der Waals surface area (Å²) in [7, 11) is 1.32. The van der Waals surface area contributed by atoms with E-state index in [2.05, 4.69) is 20.3 Å². The summed E-state index contributed by atoms with van der Waals surface area (Å²) in [5, 5.41) is 10.4. The molecule has 1 aromatic carbocycles. The highest BCUT2D eigenvalue weighted by Crippen LogP contribution is 2.07. The molecule has 2 rings (SSSR count). The smallest absolute Gasteiger partial charge is 0.337 e. The maximum atomic E-state index is 11.5. The minimum atomic E-state index is -0.450. The molecule has 0 bridgehead atoms. The fraction of sp³-hybridized carbons (Fsp3) is 0.250. The Balaban J connectivity index is 1.84. The van der Waals surface area contributed by atoms with Crippen LogP contribution >= 0.6 is 0 Å². The highest BCUT2D eigenvalue weighted by Gasteiger charge is 2.07. The lowest BCUT2D eigenvalue weighted by atomic mass is 10.1. The number of hydrogen-bond donors (Lipinski definition) is 0. The van der Waals surface area contributed by atoms with Gasteiger partial charge in [-0.3, -0.25) is 4.79 Å². The summed E-state index contributed by atoms with van der Waals surface area (Å²) in [5.41, 5.74) is 1.21. The van der Waals surface area contributed by atoms with Crippen LogP contribution in [0.2, 0.25) is 0 Å². The van der Waals surface area contributed by atoms with Crippen molar-refractivity contribution in [1.82, 2.24) is 20.2 Å². The molecular formula is C12H12N4O4. The zero-order valence-electron chi connectivity index (χ0n) is 10.7. The van der Waals surface area contributed by atoms with E-state index in [1.54, 1.807) is 24.3 Å². The SMILES string of the molecule is COC(=O)c1ccc(COC(=O)Cn2cnnn2)cc1. The number of carbonyl (C=O) groups is 2. The first-order chi connectivity index (χ1) is 9.69. The molecule has 0 aliphatic heterocycles. The van der Waals surface area contributed by atoms with Crippen LogP contribution in [0.1, 0.15) is 15.9 Å². The number of rotatable bonds is 5. The highest BCUT2D eigenvalue weighted by molar-refractivity contribution is 5.89. The molecule has 8 nitrogen and oxygen atoms in total. The van der Waals surface area contributed by atoms with Crippen molar-refractivity contribution in [2.75, 3.05) is 7.11 Å². The summed E-state index contributed by atoms with van der Waals surface area (Å²) in [4.78, 5) is 22.7. The quantitative estimate of drug-likeness (QED) is 0.720. The van der Waals surface area contributed by atoms with Gasteiger partial charge in [0.15, 0.2) is 0 Å². The van der Waals surface area contributed by atoms with E-state index in [1.807, 2.05) is 0 Å². The largest absolute Gasteiger partial charge is 0.465 e. The van der Waals surface area contributed by atoms with Crippen molar-refractivity contribution in [3.05, 3.63) is 41.7 Å². The number of hydrogen-bond acceptors (Lipinski definition) is 7. The summed E-state index contributed by atoms with van der Waals surface area (Å²) < 4.78 is 10.9. The summed E-state index contributed by atoms with van der Waals surface area (Å²) in [5.74, 6) is -0.860. The molecule has 2 aromatic rings. The first kappa shape index (κ1) is 13.7. The van der Waals surface area contributed by atoms with E-state index in [-0.39, 0.29) is 13.2 Å². The molecule has 0 N–H and O–H groups in total. The average molecular weight is 276 g/mol.